The van der Waals surface area contributed by atoms with E-state index in [1.165, 1.54) is 23.9 Å². The lowest BCUT2D eigenvalue weighted by atomic mass is 10.2. The first-order chi connectivity index (χ1) is 6.74. The van der Waals surface area contributed by atoms with E-state index in [0.717, 1.165) is 0 Å². The van der Waals surface area contributed by atoms with Gasteiger partial charge in [-0.05, 0) is 12.1 Å². The largest absolute Gasteiger partial charge is 0.481 e. The van der Waals surface area contributed by atoms with Gasteiger partial charge in [-0.1, -0.05) is 0 Å². The summed E-state index contributed by atoms with van der Waals surface area (Å²) < 4.78 is 6.48. The summed E-state index contributed by atoms with van der Waals surface area (Å²) in [6, 6.07) is 4.70. The minimum Gasteiger partial charge on any atom is -0.481 e. The molecule has 0 fully saturated rings. The van der Waals surface area contributed by atoms with Crippen molar-refractivity contribution in [3.8, 4) is 5.88 Å². The number of carboxylic acid groups (broad SMARTS) is 1. The third-order valence-electron chi connectivity index (χ3n) is 1.96. The van der Waals surface area contributed by atoms with Crippen LogP contribution in [0.25, 0.3) is 5.52 Å². The monoisotopic (exact) mass is 192 g/mol. The maximum absolute atomic E-state index is 10.8. The summed E-state index contributed by atoms with van der Waals surface area (Å²) in [5.74, 6) is -0.465. The Morgan fingerprint density at radius 3 is 2.93 bits per heavy atom. The average molecular weight is 192 g/mol. The molecule has 14 heavy (non-hydrogen) atoms. The summed E-state index contributed by atoms with van der Waals surface area (Å²) in [5, 5.41) is 12.8. The van der Waals surface area contributed by atoms with Crippen LogP contribution in [0.3, 0.4) is 0 Å². The van der Waals surface area contributed by atoms with E-state index in [4.69, 9.17) is 9.84 Å². The standard InChI is InChI=1S/C9H8N2O3/c1-14-8-3-2-6(9(12)13)7-4-5-10-11(7)8/h2-5H,1H3,(H,12,13). The Balaban J connectivity index is 2.78. The number of rotatable bonds is 2. The van der Waals surface area contributed by atoms with Crippen molar-refractivity contribution in [1.82, 2.24) is 9.61 Å². The molecule has 0 aliphatic heterocycles. The molecule has 1 N–H and O–H groups in total. The summed E-state index contributed by atoms with van der Waals surface area (Å²) in [4.78, 5) is 10.8. The molecule has 2 heterocycles. The highest BCUT2D eigenvalue weighted by atomic mass is 16.5. The van der Waals surface area contributed by atoms with Crippen LogP contribution in [0.1, 0.15) is 10.4 Å². The van der Waals surface area contributed by atoms with Crippen LogP contribution in [0.5, 0.6) is 5.88 Å². The molecule has 0 atom stereocenters. The first-order valence-electron chi connectivity index (χ1n) is 3.98. The Hall–Kier alpha value is -2.04. The van der Waals surface area contributed by atoms with Crippen molar-refractivity contribution >= 4 is 11.5 Å². The molecule has 0 unspecified atom stereocenters. The lowest BCUT2D eigenvalue weighted by molar-refractivity contribution is 0.0698. The van der Waals surface area contributed by atoms with Crippen molar-refractivity contribution in [2.45, 2.75) is 0 Å². The van der Waals surface area contributed by atoms with Crippen LogP contribution in [0.4, 0.5) is 0 Å². The van der Waals surface area contributed by atoms with Crippen LogP contribution < -0.4 is 4.74 Å². The average Bonchev–Trinajstić information content (AvgIpc) is 2.64. The predicted molar refractivity (Wildman–Crippen MR) is 48.7 cm³/mol. The number of carboxylic acids is 1. The van der Waals surface area contributed by atoms with Gasteiger partial charge in [-0.3, -0.25) is 0 Å². The van der Waals surface area contributed by atoms with Gasteiger partial charge in [0, 0.05) is 6.07 Å². The van der Waals surface area contributed by atoms with E-state index >= 15 is 0 Å². The van der Waals surface area contributed by atoms with Crippen LogP contribution in [0.2, 0.25) is 0 Å². The minimum absolute atomic E-state index is 0.211. The quantitative estimate of drug-likeness (QED) is 0.772. The molecule has 0 aliphatic carbocycles. The van der Waals surface area contributed by atoms with E-state index in [0.29, 0.717) is 11.4 Å². The zero-order chi connectivity index (χ0) is 10.1. The lowest BCUT2D eigenvalue weighted by Crippen LogP contribution is -2.02. The zero-order valence-corrected chi connectivity index (χ0v) is 7.47. The van der Waals surface area contributed by atoms with Crippen molar-refractivity contribution in [3.63, 3.8) is 0 Å². The van der Waals surface area contributed by atoms with Crippen LogP contribution in [-0.2, 0) is 0 Å². The van der Waals surface area contributed by atoms with Gasteiger partial charge < -0.3 is 9.84 Å². The van der Waals surface area contributed by atoms with Gasteiger partial charge in [-0.15, -0.1) is 0 Å². The van der Waals surface area contributed by atoms with Gasteiger partial charge in [0.15, 0.2) is 0 Å². The van der Waals surface area contributed by atoms with E-state index < -0.39 is 5.97 Å². The molecule has 0 saturated heterocycles. The Morgan fingerprint density at radius 2 is 2.29 bits per heavy atom. The van der Waals surface area contributed by atoms with Crippen LogP contribution in [0.15, 0.2) is 24.4 Å². The molecule has 72 valence electrons. The molecule has 2 aromatic rings. The Bertz CT molecular complexity index is 490. The number of aromatic nitrogens is 2. The highest BCUT2D eigenvalue weighted by Gasteiger charge is 2.11. The molecular formula is C9H8N2O3. The number of pyridine rings is 1. The zero-order valence-electron chi connectivity index (χ0n) is 7.47. The van der Waals surface area contributed by atoms with Gasteiger partial charge in [0.1, 0.15) is 0 Å². The Kier molecular flexibility index (Phi) is 1.85. The number of methoxy groups -OCH3 is 1. The molecule has 5 nitrogen and oxygen atoms in total. The second-order valence-corrected chi connectivity index (χ2v) is 2.72. The normalized spacial score (nSPS) is 10.4. The number of hydrogen-bond donors (Lipinski definition) is 1. The molecule has 0 aliphatic rings. The first kappa shape index (κ1) is 8.55. The second-order valence-electron chi connectivity index (χ2n) is 2.72. The van der Waals surface area contributed by atoms with E-state index in [9.17, 15) is 4.79 Å². The minimum atomic E-state index is -0.974. The van der Waals surface area contributed by atoms with Crippen molar-refractivity contribution in [2.75, 3.05) is 7.11 Å². The third kappa shape index (κ3) is 1.10. The molecule has 0 aromatic carbocycles. The molecule has 2 rings (SSSR count). The van der Waals surface area contributed by atoms with Crippen molar-refractivity contribution in [3.05, 3.63) is 30.0 Å². The number of aromatic carboxylic acids is 1. The maximum atomic E-state index is 10.8. The number of fused-ring (bicyclic) bond motifs is 1. The summed E-state index contributed by atoms with van der Waals surface area (Å²) in [5.41, 5.74) is 0.736. The predicted octanol–water partition coefficient (Wildman–Crippen LogP) is 1.04. The van der Waals surface area contributed by atoms with Gasteiger partial charge in [-0.25, -0.2) is 9.31 Å². The molecule has 0 bridgehead atoms. The van der Waals surface area contributed by atoms with E-state index in [1.54, 1.807) is 12.1 Å². The van der Waals surface area contributed by atoms with Gasteiger partial charge in [-0.2, -0.15) is 5.10 Å². The van der Waals surface area contributed by atoms with Crippen LogP contribution in [-0.4, -0.2) is 27.8 Å². The summed E-state index contributed by atoms with van der Waals surface area (Å²) in [7, 11) is 1.51. The fraction of sp³-hybridized carbons (Fsp3) is 0.111. The first-order valence-corrected chi connectivity index (χ1v) is 3.98. The van der Waals surface area contributed by atoms with Crippen molar-refractivity contribution < 1.29 is 14.6 Å². The fourth-order valence-corrected chi connectivity index (χ4v) is 1.33. The third-order valence-corrected chi connectivity index (χ3v) is 1.96. The topological polar surface area (TPSA) is 63.8 Å². The second kappa shape index (κ2) is 3.02. The molecule has 0 radical (unpaired) electrons. The smallest absolute Gasteiger partial charge is 0.337 e. The molecule has 0 amide bonds. The van der Waals surface area contributed by atoms with E-state index in [2.05, 4.69) is 5.10 Å². The van der Waals surface area contributed by atoms with Gasteiger partial charge in [0.25, 0.3) is 0 Å². The fourth-order valence-electron chi connectivity index (χ4n) is 1.33. The number of hydrogen-bond acceptors (Lipinski definition) is 3. The van der Waals surface area contributed by atoms with Crippen molar-refractivity contribution in [1.29, 1.82) is 0 Å². The Morgan fingerprint density at radius 1 is 1.50 bits per heavy atom. The molecular weight excluding hydrogens is 184 g/mol. The molecule has 0 spiro atoms. The van der Waals surface area contributed by atoms with Gasteiger partial charge >= 0.3 is 5.97 Å². The summed E-state index contributed by atoms with van der Waals surface area (Å²) in [6.45, 7) is 0. The number of nitrogens with zero attached hydrogens (tertiary/aromatic N) is 2. The van der Waals surface area contributed by atoms with Crippen LogP contribution >= 0.6 is 0 Å². The summed E-state index contributed by atoms with van der Waals surface area (Å²) >= 11 is 0. The SMILES string of the molecule is COc1ccc(C(=O)O)c2ccnn12. The van der Waals surface area contributed by atoms with Gasteiger partial charge in [0.05, 0.1) is 24.4 Å². The van der Waals surface area contributed by atoms with Crippen LogP contribution in [0, 0.1) is 0 Å². The molecule has 0 saturated carbocycles. The maximum Gasteiger partial charge on any atom is 0.337 e. The van der Waals surface area contributed by atoms with Gasteiger partial charge in [0.2, 0.25) is 5.88 Å². The summed E-state index contributed by atoms with van der Waals surface area (Å²) in [6.07, 6.45) is 1.53. The Labute approximate surface area is 79.5 Å². The molecule has 2 aromatic heterocycles. The number of ether oxygens (including phenoxy) is 1. The van der Waals surface area contributed by atoms with E-state index in [1.807, 2.05) is 0 Å². The number of carbonyl (C=O) groups is 1. The highest BCUT2D eigenvalue weighted by Crippen LogP contribution is 2.17. The molecule has 5 heteroatoms. The van der Waals surface area contributed by atoms with Crippen molar-refractivity contribution in [2.24, 2.45) is 0 Å². The highest BCUT2D eigenvalue weighted by molar-refractivity contribution is 5.95. The van der Waals surface area contributed by atoms with E-state index in [-0.39, 0.29) is 5.56 Å². The lowest BCUT2D eigenvalue weighted by Gasteiger charge is -2.04.